The molecule has 0 spiro atoms. The quantitative estimate of drug-likeness (QED) is 0.557. The summed E-state index contributed by atoms with van der Waals surface area (Å²) < 4.78 is 0. The second-order valence-corrected chi connectivity index (χ2v) is 4.89. The largest absolute Gasteiger partial charge is 0.368 e. The van der Waals surface area contributed by atoms with Crippen LogP contribution in [0.1, 0.15) is 5.69 Å². The molecule has 0 saturated carbocycles. The average Bonchev–Trinajstić information content (AvgIpc) is 2.94. The molecule has 0 saturated heterocycles. The van der Waals surface area contributed by atoms with E-state index in [-0.39, 0.29) is 5.95 Å². The number of aryl methyl sites for hydroxylation is 1. The number of H-pyrrole nitrogens is 1. The zero-order valence-electron chi connectivity index (χ0n) is 11.3. The van der Waals surface area contributed by atoms with E-state index >= 15 is 0 Å². The van der Waals surface area contributed by atoms with Crippen LogP contribution >= 0.6 is 0 Å². The van der Waals surface area contributed by atoms with Crippen molar-refractivity contribution in [1.29, 1.82) is 0 Å². The Labute approximate surface area is 120 Å². The third-order valence-corrected chi connectivity index (χ3v) is 3.40. The van der Waals surface area contributed by atoms with Gasteiger partial charge in [0.15, 0.2) is 5.65 Å². The first-order valence-electron chi connectivity index (χ1n) is 6.55. The van der Waals surface area contributed by atoms with Gasteiger partial charge in [0.2, 0.25) is 5.95 Å². The first-order chi connectivity index (χ1) is 10.2. The van der Waals surface area contributed by atoms with Crippen molar-refractivity contribution < 1.29 is 0 Å². The maximum Gasteiger partial charge on any atom is 0.222 e. The number of nitrogens with zero attached hydrogens (tertiary/aromatic N) is 4. The van der Waals surface area contributed by atoms with E-state index < -0.39 is 0 Å². The van der Waals surface area contributed by atoms with Gasteiger partial charge >= 0.3 is 0 Å². The lowest BCUT2D eigenvalue weighted by Crippen LogP contribution is -1.98. The number of aromatic amines is 1. The van der Waals surface area contributed by atoms with Crippen molar-refractivity contribution >= 4 is 28.0 Å². The van der Waals surface area contributed by atoms with E-state index in [1.54, 1.807) is 6.33 Å². The fraction of sp³-hybridized carbons (Fsp3) is 0.0667. The number of hydrogen-bond acceptors (Lipinski definition) is 5. The molecule has 6 nitrogen and oxygen atoms in total. The highest BCUT2D eigenvalue weighted by Crippen LogP contribution is 2.27. The summed E-state index contributed by atoms with van der Waals surface area (Å²) in [6.45, 7) is 1.98. The van der Waals surface area contributed by atoms with Crippen LogP contribution in [0.3, 0.4) is 0 Å². The van der Waals surface area contributed by atoms with Crippen molar-refractivity contribution in [1.82, 2.24) is 24.9 Å². The molecule has 4 aromatic rings. The highest BCUT2D eigenvalue weighted by molar-refractivity contribution is 5.92. The van der Waals surface area contributed by atoms with Crippen LogP contribution in [0.25, 0.3) is 33.3 Å². The van der Waals surface area contributed by atoms with Crippen molar-refractivity contribution in [3.8, 4) is 11.3 Å². The number of hydrogen-bond donors (Lipinski definition) is 2. The fourth-order valence-electron chi connectivity index (χ4n) is 2.43. The lowest BCUT2D eigenvalue weighted by Gasteiger charge is -2.05. The third kappa shape index (κ3) is 1.88. The van der Waals surface area contributed by atoms with Gasteiger partial charge in [0.1, 0.15) is 11.2 Å². The Morgan fingerprint density at radius 2 is 1.95 bits per heavy atom. The van der Waals surface area contributed by atoms with Gasteiger partial charge < -0.3 is 10.7 Å². The van der Waals surface area contributed by atoms with Crippen molar-refractivity contribution in [2.45, 2.75) is 6.92 Å². The maximum absolute atomic E-state index is 5.77. The Morgan fingerprint density at radius 1 is 1.05 bits per heavy atom. The Balaban J connectivity index is 1.99. The first kappa shape index (κ1) is 11.8. The number of nitrogen functional groups attached to an aromatic ring is 1. The van der Waals surface area contributed by atoms with E-state index in [4.69, 9.17) is 5.73 Å². The van der Waals surface area contributed by atoms with E-state index in [9.17, 15) is 0 Å². The van der Waals surface area contributed by atoms with Crippen molar-refractivity contribution in [3.05, 3.63) is 42.4 Å². The monoisotopic (exact) mass is 276 g/mol. The molecule has 3 heterocycles. The Bertz CT molecular complexity index is 972. The van der Waals surface area contributed by atoms with Crippen LogP contribution in [-0.4, -0.2) is 24.9 Å². The van der Waals surface area contributed by atoms with Gasteiger partial charge in [0, 0.05) is 16.6 Å². The molecule has 4 rings (SSSR count). The van der Waals surface area contributed by atoms with E-state index in [0.29, 0.717) is 5.65 Å². The summed E-state index contributed by atoms with van der Waals surface area (Å²) in [5.74, 6) is 0.215. The standard InChI is InChI=1S/C15H12N6/c1-8-2-3-9-6-10(4-5-11(9)19-8)12-13-14(18-7-17-13)21-15(16)20-12/h2-7H,1H3,(H3,16,17,18,20,21). The van der Waals surface area contributed by atoms with Crippen LogP contribution in [0.4, 0.5) is 5.95 Å². The lowest BCUT2D eigenvalue weighted by molar-refractivity contribution is 1.22. The molecule has 0 atom stereocenters. The van der Waals surface area contributed by atoms with Gasteiger partial charge in [0.25, 0.3) is 0 Å². The molecule has 0 amide bonds. The number of nitrogens with two attached hydrogens (primary N) is 1. The molecule has 0 aliphatic carbocycles. The van der Waals surface area contributed by atoms with Crippen LogP contribution in [0, 0.1) is 6.92 Å². The molecule has 0 aliphatic heterocycles. The molecule has 3 aromatic heterocycles. The second-order valence-electron chi connectivity index (χ2n) is 4.89. The Hall–Kier alpha value is -3.02. The normalized spacial score (nSPS) is 11.3. The molecule has 0 fully saturated rings. The highest BCUT2D eigenvalue weighted by atomic mass is 15.1. The minimum absolute atomic E-state index is 0.215. The highest BCUT2D eigenvalue weighted by Gasteiger charge is 2.11. The molecule has 0 unspecified atom stereocenters. The summed E-state index contributed by atoms with van der Waals surface area (Å²) >= 11 is 0. The van der Waals surface area contributed by atoms with Crippen molar-refractivity contribution in [2.75, 3.05) is 5.73 Å². The smallest absolute Gasteiger partial charge is 0.222 e. The van der Waals surface area contributed by atoms with Crippen LogP contribution in [0.15, 0.2) is 36.7 Å². The zero-order chi connectivity index (χ0) is 14.4. The van der Waals surface area contributed by atoms with Gasteiger partial charge in [-0.3, -0.25) is 4.98 Å². The number of fused-ring (bicyclic) bond motifs is 2. The van der Waals surface area contributed by atoms with Gasteiger partial charge in [-0.15, -0.1) is 0 Å². The SMILES string of the molecule is Cc1ccc2cc(-c3nc(N)nc4nc[nH]c34)ccc2n1. The Kier molecular flexibility index (Phi) is 2.38. The molecule has 0 aliphatic rings. The molecular formula is C15H12N6. The van der Waals surface area contributed by atoms with Crippen LogP contribution in [0.2, 0.25) is 0 Å². The molecule has 6 heteroatoms. The molecule has 0 bridgehead atoms. The maximum atomic E-state index is 5.77. The Morgan fingerprint density at radius 3 is 2.86 bits per heavy atom. The summed E-state index contributed by atoms with van der Waals surface area (Å²) in [4.78, 5) is 20.2. The number of pyridine rings is 1. The van der Waals surface area contributed by atoms with Gasteiger partial charge in [-0.25, -0.2) is 9.97 Å². The molecular weight excluding hydrogens is 264 g/mol. The predicted molar refractivity (Wildman–Crippen MR) is 81.6 cm³/mol. The molecule has 102 valence electrons. The van der Waals surface area contributed by atoms with Gasteiger partial charge in [-0.1, -0.05) is 12.1 Å². The molecule has 1 aromatic carbocycles. The minimum atomic E-state index is 0.215. The summed E-state index contributed by atoms with van der Waals surface area (Å²) in [7, 11) is 0. The molecule has 3 N–H and O–H groups in total. The van der Waals surface area contributed by atoms with E-state index in [0.717, 1.165) is 33.4 Å². The lowest BCUT2D eigenvalue weighted by atomic mass is 10.1. The van der Waals surface area contributed by atoms with Crippen LogP contribution in [-0.2, 0) is 0 Å². The summed E-state index contributed by atoms with van der Waals surface area (Å²) in [6, 6.07) is 10.1. The topological polar surface area (TPSA) is 93.4 Å². The fourth-order valence-corrected chi connectivity index (χ4v) is 2.43. The minimum Gasteiger partial charge on any atom is -0.368 e. The molecule has 21 heavy (non-hydrogen) atoms. The zero-order valence-corrected chi connectivity index (χ0v) is 11.3. The predicted octanol–water partition coefficient (Wildman–Crippen LogP) is 2.46. The average molecular weight is 276 g/mol. The third-order valence-electron chi connectivity index (χ3n) is 3.40. The summed E-state index contributed by atoms with van der Waals surface area (Å²) in [5.41, 5.74) is 10.8. The number of aromatic nitrogens is 5. The van der Waals surface area contributed by atoms with E-state index in [1.165, 1.54) is 0 Å². The summed E-state index contributed by atoms with van der Waals surface area (Å²) in [5, 5.41) is 1.06. The number of rotatable bonds is 1. The van der Waals surface area contributed by atoms with E-state index in [2.05, 4.69) is 31.0 Å². The van der Waals surface area contributed by atoms with Gasteiger partial charge in [-0.05, 0) is 25.1 Å². The van der Waals surface area contributed by atoms with Crippen molar-refractivity contribution in [3.63, 3.8) is 0 Å². The van der Waals surface area contributed by atoms with Gasteiger partial charge in [0.05, 0.1) is 11.8 Å². The second kappa shape index (κ2) is 4.24. The summed E-state index contributed by atoms with van der Waals surface area (Å²) in [6.07, 6.45) is 1.59. The number of benzene rings is 1. The first-order valence-corrected chi connectivity index (χ1v) is 6.55. The number of imidazole rings is 1. The van der Waals surface area contributed by atoms with Gasteiger partial charge in [-0.2, -0.15) is 4.98 Å². The number of anilines is 1. The van der Waals surface area contributed by atoms with Crippen molar-refractivity contribution in [2.24, 2.45) is 0 Å². The van der Waals surface area contributed by atoms with Crippen LogP contribution < -0.4 is 5.73 Å². The molecule has 0 radical (unpaired) electrons. The number of nitrogens with one attached hydrogen (secondary N) is 1. The van der Waals surface area contributed by atoms with E-state index in [1.807, 2.05) is 31.2 Å². The van der Waals surface area contributed by atoms with Crippen LogP contribution in [0.5, 0.6) is 0 Å².